The molecule has 0 aromatic heterocycles. The molecule has 0 saturated carbocycles. The van der Waals surface area contributed by atoms with Gasteiger partial charge >= 0.3 is 0 Å². The van der Waals surface area contributed by atoms with Crippen molar-refractivity contribution in [3.63, 3.8) is 0 Å². The number of ether oxygens (including phenoxy) is 1. The second-order valence-electron chi connectivity index (χ2n) is 4.21. The van der Waals surface area contributed by atoms with Crippen molar-refractivity contribution in [3.05, 3.63) is 29.3 Å². The molecule has 1 aromatic carbocycles. The predicted molar refractivity (Wildman–Crippen MR) is 67.5 cm³/mol. The average Bonchev–Trinajstić information content (AvgIpc) is 2.38. The Bertz CT molecular complexity index is 420. The maximum absolute atomic E-state index is 11.4. The summed E-state index contributed by atoms with van der Waals surface area (Å²) in [6.45, 7) is 0. The molecule has 1 atom stereocenters. The van der Waals surface area contributed by atoms with E-state index in [1.807, 2.05) is 12.1 Å². The minimum atomic E-state index is -0.118. The lowest BCUT2D eigenvalue weighted by atomic mass is 9.87. The van der Waals surface area contributed by atoms with Crippen LogP contribution < -0.4 is 10.1 Å². The summed E-state index contributed by atoms with van der Waals surface area (Å²) in [6, 6.07) is 6.12. The van der Waals surface area contributed by atoms with Crippen molar-refractivity contribution < 1.29 is 9.53 Å². The Balaban J connectivity index is 2.25. The van der Waals surface area contributed by atoms with Gasteiger partial charge in [-0.15, -0.1) is 11.6 Å². The Morgan fingerprint density at radius 2 is 2.41 bits per heavy atom. The van der Waals surface area contributed by atoms with Crippen LogP contribution in [0.5, 0.6) is 5.75 Å². The standard InChI is InChI=1S/C13H16ClNO2/c1-17-10-6-5-9-3-2-4-12(11(9)7-10)15-13(16)8-14/h5-7,12H,2-4,8H2,1H3,(H,15,16)/t12-/m1/s1. The van der Waals surface area contributed by atoms with Crippen molar-refractivity contribution in [1.82, 2.24) is 5.32 Å². The first-order valence-corrected chi connectivity index (χ1v) is 6.30. The molecule has 0 heterocycles. The summed E-state index contributed by atoms with van der Waals surface area (Å²) in [7, 11) is 1.65. The third-order valence-corrected chi connectivity index (χ3v) is 3.37. The predicted octanol–water partition coefficient (Wildman–Crippen LogP) is 2.43. The fraction of sp³-hybridized carbons (Fsp3) is 0.462. The summed E-state index contributed by atoms with van der Waals surface area (Å²) < 4.78 is 5.22. The average molecular weight is 254 g/mol. The van der Waals surface area contributed by atoms with E-state index in [2.05, 4.69) is 11.4 Å². The van der Waals surface area contributed by atoms with E-state index in [1.54, 1.807) is 7.11 Å². The lowest BCUT2D eigenvalue weighted by Crippen LogP contribution is -2.31. The van der Waals surface area contributed by atoms with Crippen LogP contribution in [-0.4, -0.2) is 18.9 Å². The highest BCUT2D eigenvalue weighted by atomic mass is 35.5. The monoisotopic (exact) mass is 253 g/mol. The Morgan fingerprint density at radius 1 is 1.59 bits per heavy atom. The van der Waals surface area contributed by atoms with Crippen LogP contribution in [0.2, 0.25) is 0 Å². The molecule has 1 aromatic rings. The second kappa shape index (κ2) is 5.41. The maximum atomic E-state index is 11.4. The van der Waals surface area contributed by atoms with Crippen LogP contribution in [-0.2, 0) is 11.2 Å². The zero-order valence-electron chi connectivity index (χ0n) is 9.83. The van der Waals surface area contributed by atoms with Crippen LogP contribution in [0, 0.1) is 0 Å². The normalized spacial score (nSPS) is 18.4. The third kappa shape index (κ3) is 2.72. The topological polar surface area (TPSA) is 38.3 Å². The van der Waals surface area contributed by atoms with Crippen LogP contribution >= 0.6 is 11.6 Å². The van der Waals surface area contributed by atoms with Crippen LogP contribution in [0.25, 0.3) is 0 Å². The summed E-state index contributed by atoms with van der Waals surface area (Å²) in [4.78, 5) is 11.4. The van der Waals surface area contributed by atoms with Gasteiger partial charge in [0.15, 0.2) is 0 Å². The zero-order chi connectivity index (χ0) is 12.3. The number of nitrogens with one attached hydrogen (secondary N) is 1. The van der Waals surface area contributed by atoms with E-state index in [0.29, 0.717) is 0 Å². The number of aryl methyl sites for hydroxylation is 1. The summed E-state index contributed by atoms with van der Waals surface area (Å²) >= 11 is 5.52. The van der Waals surface area contributed by atoms with E-state index >= 15 is 0 Å². The van der Waals surface area contributed by atoms with Crippen molar-refractivity contribution in [2.75, 3.05) is 13.0 Å². The number of fused-ring (bicyclic) bond motifs is 1. The first kappa shape index (κ1) is 12.2. The number of carbonyl (C=O) groups is 1. The maximum Gasteiger partial charge on any atom is 0.235 e. The number of hydrogen-bond donors (Lipinski definition) is 1. The van der Waals surface area contributed by atoms with Gasteiger partial charge in [0.25, 0.3) is 0 Å². The molecular weight excluding hydrogens is 238 g/mol. The molecule has 0 unspecified atom stereocenters. The van der Waals surface area contributed by atoms with Crippen molar-refractivity contribution in [3.8, 4) is 5.75 Å². The summed E-state index contributed by atoms with van der Waals surface area (Å²) in [6.07, 6.45) is 3.11. The van der Waals surface area contributed by atoms with Gasteiger partial charge in [-0.1, -0.05) is 6.07 Å². The van der Waals surface area contributed by atoms with Gasteiger partial charge in [0, 0.05) is 0 Å². The van der Waals surface area contributed by atoms with Crippen molar-refractivity contribution in [1.29, 1.82) is 0 Å². The molecule has 0 radical (unpaired) electrons. The Hall–Kier alpha value is -1.22. The lowest BCUT2D eigenvalue weighted by Gasteiger charge is -2.26. The molecule has 4 heteroatoms. The molecule has 17 heavy (non-hydrogen) atoms. The van der Waals surface area contributed by atoms with Crippen LogP contribution in [0.3, 0.4) is 0 Å². The number of alkyl halides is 1. The van der Waals surface area contributed by atoms with Gasteiger partial charge in [-0.3, -0.25) is 4.79 Å². The van der Waals surface area contributed by atoms with Crippen LogP contribution in [0.1, 0.15) is 30.0 Å². The van der Waals surface area contributed by atoms with E-state index < -0.39 is 0 Å². The van der Waals surface area contributed by atoms with Crippen LogP contribution in [0.15, 0.2) is 18.2 Å². The summed E-state index contributed by atoms with van der Waals surface area (Å²) in [5.41, 5.74) is 2.45. The van der Waals surface area contributed by atoms with Gasteiger partial charge in [0.05, 0.1) is 13.2 Å². The highest BCUT2D eigenvalue weighted by Gasteiger charge is 2.21. The molecule has 0 spiro atoms. The minimum absolute atomic E-state index is 0.00972. The van der Waals surface area contributed by atoms with Gasteiger partial charge < -0.3 is 10.1 Å². The first-order valence-electron chi connectivity index (χ1n) is 5.76. The Kier molecular flexibility index (Phi) is 3.89. The van der Waals surface area contributed by atoms with Gasteiger partial charge in [-0.25, -0.2) is 0 Å². The molecule has 0 bridgehead atoms. The van der Waals surface area contributed by atoms with Gasteiger partial charge in [-0.2, -0.15) is 0 Å². The smallest absolute Gasteiger partial charge is 0.235 e. The van der Waals surface area contributed by atoms with E-state index in [1.165, 1.54) is 5.56 Å². The summed E-state index contributed by atoms with van der Waals surface area (Å²) in [5, 5.41) is 2.95. The SMILES string of the molecule is COc1ccc2c(c1)[C@H](NC(=O)CCl)CCC2. The molecule has 1 aliphatic rings. The zero-order valence-corrected chi connectivity index (χ0v) is 10.6. The lowest BCUT2D eigenvalue weighted by molar-refractivity contribution is -0.119. The van der Waals surface area contributed by atoms with E-state index in [9.17, 15) is 4.79 Å². The van der Waals surface area contributed by atoms with Crippen LogP contribution in [0.4, 0.5) is 0 Å². The van der Waals surface area contributed by atoms with Crippen molar-refractivity contribution in [2.24, 2.45) is 0 Å². The number of benzene rings is 1. The molecule has 2 rings (SSSR count). The number of halogens is 1. The second-order valence-corrected chi connectivity index (χ2v) is 4.48. The number of carbonyl (C=O) groups excluding carboxylic acids is 1. The number of rotatable bonds is 3. The van der Waals surface area contributed by atoms with Gasteiger partial charge in [0.1, 0.15) is 11.6 Å². The highest BCUT2D eigenvalue weighted by molar-refractivity contribution is 6.27. The molecular formula is C13H16ClNO2. The molecule has 0 aliphatic heterocycles. The molecule has 0 fully saturated rings. The molecule has 1 N–H and O–H groups in total. The molecule has 0 saturated heterocycles. The fourth-order valence-electron chi connectivity index (χ4n) is 2.29. The highest BCUT2D eigenvalue weighted by Crippen LogP contribution is 2.32. The van der Waals surface area contributed by atoms with Gasteiger partial charge in [-0.05, 0) is 42.5 Å². The number of methoxy groups -OCH3 is 1. The van der Waals surface area contributed by atoms with Gasteiger partial charge in [0.2, 0.25) is 5.91 Å². The Morgan fingerprint density at radius 3 is 3.12 bits per heavy atom. The Labute approximate surface area is 106 Å². The van der Waals surface area contributed by atoms with E-state index in [-0.39, 0.29) is 17.8 Å². The quantitative estimate of drug-likeness (QED) is 0.841. The van der Waals surface area contributed by atoms with E-state index in [4.69, 9.17) is 16.3 Å². The molecule has 92 valence electrons. The largest absolute Gasteiger partial charge is 0.497 e. The fourth-order valence-corrected chi connectivity index (χ4v) is 2.36. The van der Waals surface area contributed by atoms with Crippen molar-refractivity contribution >= 4 is 17.5 Å². The third-order valence-electron chi connectivity index (χ3n) is 3.12. The van der Waals surface area contributed by atoms with E-state index in [0.717, 1.165) is 30.6 Å². The molecule has 3 nitrogen and oxygen atoms in total. The summed E-state index contributed by atoms with van der Waals surface area (Å²) in [5.74, 6) is 0.721. The number of hydrogen-bond acceptors (Lipinski definition) is 2. The van der Waals surface area contributed by atoms with Crippen molar-refractivity contribution in [2.45, 2.75) is 25.3 Å². The first-order chi connectivity index (χ1) is 8.24. The molecule has 1 aliphatic carbocycles. The molecule has 1 amide bonds. The number of amides is 1. The minimum Gasteiger partial charge on any atom is -0.497 e.